The molecule has 0 radical (unpaired) electrons. The van der Waals surface area contributed by atoms with Crippen LogP contribution in [0.1, 0.15) is 42.9 Å². The number of para-hydroxylation sites is 1. The molecule has 3 rings (SSSR count). The Kier molecular flexibility index (Phi) is 8.72. The van der Waals surface area contributed by atoms with Crippen molar-refractivity contribution in [1.29, 1.82) is 0 Å². The molecule has 2 aromatic rings. The number of hydrogen-bond donors (Lipinski definition) is 2. The number of aryl methyl sites for hydroxylation is 2. The number of amides is 3. The molecule has 2 aromatic carbocycles. The van der Waals surface area contributed by atoms with E-state index < -0.39 is 18.0 Å². The van der Waals surface area contributed by atoms with Crippen molar-refractivity contribution < 1.29 is 23.9 Å². The second-order valence-electron chi connectivity index (χ2n) is 8.34. The summed E-state index contributed by atoms with van der Waals surface area (Å²) in [6.45, 7) is 5.37. The predicted molar refractivity (Wildman–Crippen MR) is 132 cm³/mol. The maximum Gasteiger partial charge on any atom is 0.307 e. The minimum Gasteiger partial charge on any atom is -0.453 e. The summed E-state index contributed by atoms with van der Waals surface area (Å²) in [5, 5.41) is 10.9. The molecule has 1 heterocycles. The minimum atomic E-state index is -1.10. The monoisotopic (exact) mass is 478 g/mol. The molecule has 0 saturated carbocycles. The van der Waals surface area contributed by atoms with Crippen molar-refractivity contribution >= 4 is 35.1 Å². The van der Waals surface area contributed by atoms with Gasteiger partial charge in [0.15, 0.2) is 6.10 Å². The fourth-order valence-corrected chi connectivity index (χ4v) is 3.62. The van der Waals surface area contributed by atoms with Crippen molar-refractivity contribution in [2.45, 2.75) is 46.1 Å². The number of esters is 1. The van der Waals surface area contributed by atoms with Gasteiger partial charge in [-0.25, -0.2) is 5.01 Å². The minimum absolute atomic E-state index is 0.0725. The molecule has 2 N–H and O–H groups in total. The first kappa shape index (κ1) is 25.6. The Balaban J connectivity index is 1.39. The number of hydrogen-bond acceptors (Lipinski definition) is 6. The van der Waals surface area contributed by atoms with Gasteiger partial charge in [-0.15, -0.1) is 0 Å². The van der Waals surface area contributed by atoms with Crippen LogP contribution >= 0.6 is 0 Å². The third kappa shape index (κ3) is 7.23. The standard InChI is InChI=1S/C26H30N4O5/c1-17-8-7-9-18(2)25(17)28-22(31)16-27-26(34)19(3)35-24(33)13-12-23(32)30-15-14-21(29-30)20-10-5-4-6-11-20/h4-11,19H,12-16H2,1-3H3,(H,27,34)(H,28,31). The quantitative estimate of drug-likeness (QED) is 0.538. The zero-order chi connectivity index (χ0) is 25.4. The molecule has 1 unspecified atom stereocenters. The van der Waals surface area contributed by atoms with Gasteiger partial charge in [0.25, 0.3) is 5.91 Å². The number of nitrogens with one attached hydrogen (secondary N) is 2. The molecule has 1 aliphatic heterocycles. The van der Waals surface area contributed by atoms with Crippen LogP contribution in [0.4, 0.5) is 5.69 Å². The molecule has 0 fully saturated rings. The topological polar surface area (TPSA) is 117 Å². The van der Waals surface area contributed by atoms with Crippen LogP contribution in [0.2, 0.25) is 0 Å². The van der Waals surface area contributed by atoms with Crippen LogP contribution in [-0.2, 0) is 23.9 Å². The Morgan fingerprint density at radius 3 is 2.37 bits per heavy atom. The summed E-state index contributed by atoms with van der Waals surface area (Å²) < 4.78 is 5.12. The van der Waals surface area contributed by atoms with Gasteiger partial charge in [-0.05, 0) is 37.5 Å². The highest BCUT2D eigenvalue weighted by atomic mass is 16.5. The molecule has 9 heteroatoms. The van der Waals surface area contributed by atoms with Crippen LogP contribution in [0.25, 0.3) is 0 Å². The molecule has 0 saturated heterocycles. The number of carbonyl (C=O) groups is 4. The normalized spacial score (nSPS) is 13.6. The van der Waals surface area contributed by atoms with Gasteiger partial charge in [-0.1, -0.05) is 48.5 Å². The van der Waals surface area contributed by atoms with Gasteiger partial charge in [0.05, 0.1) is 25.2 Å². The van der Waals surface area contributed by atoms with E-state index >= 15 is 0 Å². The van der Waals surface area contributed by atoms with Crippen molar-refractivity contribution in [3.05, 3.63) is 65.2 Å². The van der Waals surface area contributed by atoms with E-state index in [0.717, 1.165) is 22.4 Å². The lowest BCUT2D eigenvalue weighted by Gasteiger charge is -2.15. The summed E-state index contributed by atoms with van der Waals surface area (Å²) in [6, 6.07) is 15.3. The molecule has 0 bridgehead atoms. The van der Waals surface area contributed by atoms with Gasteiger partial charge < -0.3 is 15.4 Å². The number of carbonyl (C=O) groups excluding carboxylic acids is 4. The Hall–Kier alpha value is -4.01. The number of hydrazone groups is 1. The van der Waals surface area contributed by atoms with Gasteiger partial charge in [0, 0.05) is 18.5 Å². The number of nitrogens with zero attached hydrogens (tertiary/aromatic N) is 2. The number of ether oxygens (including phenoxy) is 1. The molecule has 9 nitrogen and oxygen atoms in total. The summed E-state index contributed by atoms with van der Waals surface area (Å²) in [4.78, 5) is 49.0. The van der Waals surface area contributed by atoms with E-state index in [2.05, 4.69) is 15.7 Å². The second-order valence-corrected chi connectivity index (χ2v) is 8.34. The maximum absolute atomic E-state index is 12.4. The maximum atomic E-state index is 12.4. The Labute approximate surface area is 204 Å². The lowest BCUT2D eigenvalue weighted by atomic mass is 10.1. The molecule has 35 heavy (non-hydrogen) atoms. The largest absolute Gasteiger partial charge is 0.453 e. The van der Waals surface area contributed by atoms with Crippen LogP contribution in [-0.4, -0.2) is 53.6 Å². The summed E-state index contributed by atoms with van der Waals surface area (Å²) in [5.74, 6) is -1.94. The molecule has 0 spiro atoms. The molecule has 0 aliphatic carbocycles. The number of benzene rings is 2. The van der Waals surface area contributed by atoms with E-state index in [9.17, 15) is 19.2 Å². The van der Waals surface area contributed by atoms with Crippen LogP contribution in [0.15, 0.2) is 53.6 Å². The molecular formula is C26H30N4O5. The summed E-state index contributed by atoms with van der Waals surface area (Å²) in [7, 11) is 0. The van der Waals surface area contributed by atoms with E-state index in [1.807, 2.05) is 62.4 Å². The average Bonchev–Trinajstić information content (AvgIpc) is 3.34. The van der Waals surface area contributed by atoms with Gasteiger partial charge >= 0.3 is 5.97 Å². The van der Waals surface area contributed by atoms with E-state index in [1.54, 1.807) is 0 Å². The zero-order valence-electron chi connectivity index (χ0n) is 20.2. The first-order valence-corrected chi connectivity index (χ1v) is 11.5. The molecule has 0 aromatic heterocycles. The van der Waals surface area contributed by atoms with Crippen molar-refractivity contribution in [1.82, 2.24) is 10.3 Å². The smallest absolute Gasteiger partial charge is 0.307 e. The summed E-state index contributed by atoms with van der Waals surface area (Å²) in [6.07, 6.45) is -0.693. The lowest BCUT2D eigenvalue weighted by molar-refractivity contribution is -0.155. The van der Waals surface area contributed by atoms with E-state index in [0.29, 0.717) is 18.7 Å². The van der Waals surface area contributed by atoms with Crippen molar-refractivity contribution in [3.8, 4) is 0 Å². The third-order valence-corrected chi connectivity index (χ3v) is 5.59. The highest BCUT2D eigenvalue weighted by molar-refractivity contribution is 6.02. The van der Waals surface area contributed by atoms with Crippen molar-refractivity contribution in [3.63, 3.8) is 0 Å². The molecule has 184 valence electrons. The number of rotatable bonds is 9. The van der Waals surface area contributed by atoms with Gasteiger partial charge in [-0.3, -0.25) is 19.2 Å². The van der Waals surface area contributed by atoms with Crippen molar-refractivity contribution in [2.75, 3.05) is 18.4 Å². The fraction of sp³-hybridized carbons (Fsp3) is 0.346. The second kappa shape index (κ2) is 11.9. The van der Waals surface area contributed by atoms with Crippen LogP contribution in [0.3, 0.4) is 0 Å². The fourth-order valence-electron chi connectivity index (χ4n) is 3.62. The SMILES string of the molecule is Cc1cccc(C)c1NC(=O)CNC(=O)C(C)OC(=O)CCC(=O)N1CCC(c2ccccc2)=N1. The summed E-state index contributed by atoms with van der Waals surface area (Å²) >= 11 is 0. The van der Waals surface area contributed by atoms with Crippen LogP contribution in [0.5, 0.6) is 0 Å². The highest BCUT2D eigenvalue weighted by Gasteiger charge is 2.24. The van der Waals surface area contributed by atoms with E-state index in [1.165, 1.54) is 11.9 Å². The molecule has 3 amide bonds. The molecular weight excluding hydrogens is 448 g/mol. The predicted octanol–water partition coefficient (Wildman–Crippen LogP) is 2.71. The van der Waals surface area contributed by atoms with E-state index in [-0.39, 0.29) is 31.2 Å². The van der Waals surface area contributed by atoms with Gasteiger partial charge in [0.2, 0.25) is 11.8 Å². The summed E-state index contributed by atoms with van der Waals surface area (Å²) in [5.41, 5.74) is 4.32. The lowest BCUT2D eigenvalue weighted by Crippen LogP contribution is -2.40. The molecule has 1 atom stereocenters. The zero-order valence-corrected chi connectivity index (χ0v) is 20.2. The van der Waals surface area contributed by atoms with Crippen LogP contribution in [0, 0.1) is 13.8 Å². The Morgan fingerprint density at radius 2 is 1.69 bits per heavy atom. The van der Waals surface area contributed by atoms with Gasteiger partial charge in [-0.2, -0.15) is 5.10 Å². The van der Waals surface area contributed by atoms with Gasteiger partial charge in [0.1, 0.15) is 0 Å². The first-order chi connectivity index (χ1) is 16.7. The highest BCUT2D eigenvalue weighted by Crippen LogP contribution is 2.19. The van der Waals surface area contributed by atoms with Crippen molar-refractivity contribution in [2.24, 2.45) is 5.10 Å². The van der Waals surface area contributed by atoms with Crippen LogP contribution < -0.4 is 10.6 Å². The van der Waals surface area contributed by atoms with E-state index in [4.69, 9.17) is 4.74 Å². The first-order valence-electron chi connectivity index (χ1n) is 11.5. The number of anilines is 1. The third-order valence-electron chi connectivity index (χ3n) is 5.59. The molecule has 1 aliphatic rings. The Bertz CT molecular complexity index is 1110. The Morgan fingerprint density at radius 1 is 1.00 bits per heavy atom. The average molecular weight is 479 g/mol.